The zero-order valence-corrected chi connectivity index (χ0v) is 9.73. The summed E-state index contributed by atoms with van der Waals surface area (Å²) in [6.07, 6.45) is 3.63. The van der Waals surface area contributed by atoms with Crippen LogP contribution in [0.3, 0.4) is 0 Å². The maximum absolute atomic E-state index is 11.7. The second-order valence-corrected chi connectivity index (χ2v) is 4.89. The Bertz CT molecular complexity index is 452. The lowest BCUT2D eigenvalue weighted by Gasteiger charge is -2.35. The highest BCUT2D eigenvalue weighted by molar-refractivity contribution is 6.06. The third-order valence-corrected chi connectivity index (χ3v) is 3.21. The van der Waals surface area contributed by atoms with Gasteiger partial charge in [0.25, 0.3) is 0 Å². The van der Waals surface area contributed by atoms with Crippen molar-refractivity contribution < 1.29 is 4.79 Å². The fourth-order valence-corrected chi connectivity index (χ4v) is 2.36. The summed E-state index contributed by atoms with van der Waals surface area (Å²) in [5.41, 5.74) is 1.81. The van der Waals surface area contributed by atoms with Crippen molar-refractivity contribution in [3.63, 3.8) is 0 Å². The first-order chi connectivity index (χ1) is 7.52. The number of carbonyl (C=O) groups excluding carboxylic acids is 1. The van der Waals surface area contributed by atoms with Gasteiger partial charge < -0.3 is 0 Å². The molecular formula is C15H16O. The summed E-state index contributed by atoms with van der Waals surface area (Å²) in [6, 6.07) is 10.1. The van der Waals surface area contributed by atoms with Crippen LogP contribution in [0.25, 0.3) is 0 Å². The second-order valence-electron chi connectivity index (χ2n) is 4.89. The van der Waals surface area contributed by atoms with Crippen LogP contribution in [-0.4, -0.2) is 5.78 Å². The van der Waals surface area contributed by atoms with Gasteiger partial charge in [-0.1, -0.05) is 56.8 Å². The standard InChI is InChI=1S/C15H16O/c1-11-13(16)9-10-15(2,3)14(11)12-7-5-4-6-8-12/h4-10,14H,1H2,2-3H3. The minimum Gasteiger partial charge on any atom is -0.290 e. The smallest absolute Gasteiger partial charge is 0.181 e. The predicted molar refractivity (Wildman–Crippen MR) is 66.3 cm³/mol. The summed E-state index contributed by atoms with van der Waals surface area (Å²) in [5.74, 6) is 0.138. The lowest BCUT2D eigenvalue weighted by Crippen LogP contribution is -2.28. The van der Waals surface area contributed by atoms with Gasteiger partial charge in [-0.2, -0.15) is 0 Å². The van der Waals surface area contributed by atoms with Gasteiger partial charge in [-0.05, 0) is 17.1 Å². The molecule has 0 saturated carbocycles. The largest absolute Gasteiger partial charge is 0.290 e. The zero-order valence-electron chi connectivity index (χ0n) is 9.73. The van der Waals surface area contributed by atoms with E-state index in [1.807, 2.05) is 24.3 Å². The molecule has 1 aliphatic rings. The van der Waals surface area contributed by atoms with Crippen molar-refractivity contribution in [3.8, 4) is 0 Å². The minimum absolute atomic E-state index is 0.0492. The molecule has 16 heavy (non-hydrogen) atoms. The first-order valence-electron chi connectivity index (χ1n) is 5.50. The molecule has 1 aromatic rings. The molecule has 0 spiro atoms. The number of hydrogen-bond acceptors (Lipinski definition) is 1. The number of allylic oxidation sites excluding steroid dienone is 3. The molecule has 0 heterocycles. The maximum atomic E-state index is 11.7. The van der Waals surface area contributed by atoms with Crippen molar-refractivity contribution in [3.05, 3.63) is 60.2 Å². The number of carbonyl (C=O) groups is 1. The van der Waals surface area contributed by atoms with E-state index in [9.17, 15) is 4.79 Å². The first kappa shape index (κ1) is 10.9. The first-order valence-corrected chi connectivity index (χ1v) is 5.50. The molecule has 0 saturated heterocycles. The molecule has 0 N–H and O–H groups in total. The number of rotatable bonds is 1. The van der Waals surface area contributed by atoms with Crippen LogP contribution < -0.4 is 0 Å². The van der Waals surface area contributed by atoms with Crippen molar-refractivity contribution in [2.24, 2.45) is 5.41 Å². The van der Waals surface area contributed by atoms with Crippen LogP contribution in [0.2, 0.25) is 0 Å². The van der Waals surface area contributed by atoms with Gasteiger partial charge in [0.2, 0.25) is 0 Å². The second kappa shape index (κ2) is 3.75. The van der Waals surface area contributed by atoms with Crippen LogP contribution >= 0.6 is 0 Å². The number of benzene rings is 1. The quantitative estimate of drug-likeness (QED) is 0.651. The Hall–Kier alpha value is -1.63. The average Bonchev–Trinajstić information content (AvgIpc) is 2.26. The molecule has 1 aromatic carbocycles. The monoisotopic (exact) mass is 212 g/mol. The summed E-state index contributed by atoms with van der Waals surface area (Å²) >= 11 is 0. The lowest BCUT2D eigenvalue weighted by molar-refractivity contribution is -0.112. The van der Waals surface area contributed by atoms with E-state index in [4.69, 9.17) is 0 Å². The van der Waals surface area contributed by atoms with Gasteiger partial charge in [-0.15, -0.1) is 0 Å². The Balaban J connectivity index is 2.50. The van der Waals surface area contributed by atoms with E-state index in [1.54, 1.807) is 6.08 Å². The molecule has 1 nitrogen and oxygen atoms in total. The molecule has 1 aliphatic carbocycles. The molecule has 1 atom stereocenters. The van der Waals surface area contributed by atoms with E-state index in [2.05, 4.69) is 32.6 Å². The van der Waals surface area contributed by atoms with Gasteiger partial charge in [0, 0.05) is 11.5 Å². The summed E-state index contributed by atoms with van der Waals surface area (Å²) < 4.78 is 0. The van der Waals surface area contributed by atoms with E-state index in [-0.39, 0.29) is 17.1 Å². The molecule has 0 fully saturated rings. The molecule has 0 aromatic heterocycles. The molecular weight excluding hydrogens is 196 g/mol. The lowest BCUT2D eigenvalue weighted by atomic mass is 9.67. The van der Waals surface area contributed by atoms with Crippen LogP contribution in [0, 0.1) is 5.41 Å². The van der Waals surface area contributed by atoms with E-state index < -0.39 is 0 Å². The SMILES string of the molecule is C=C1C(=O)C=CC(C)(C)C1c1ccccc1. The Kier molecular flexibility index (Phi) is 2.55. The van der Waals surface area contributed by atoms with Crippen molar-refractivity contribution in [1.82, 2.24) is 0 Å². The highest BCUT2D eigenvalue weighted by Crippen LogP contribution is 2.44. The van der Waals surface area contributed by atoms with Crippen LogP contribution in [0.5, 0.6) is 0 Å². The molecule has 82 valence electrons. The van der Waals surface area contributed by atoms with E-state index in [0.29, 0.717) is 5.57 Å². The van der Waals surface area contributed by atoms with Gasteiger partial charge in [-0.25, -0.2) is 0 Å². The van der Waals surface area contributed by atoms with E-state index >= 15 is 0 Å². The van der Waals surface area contributed by atoms with Crippen molar-refractivity contribution in [1.29, 1.82) is 0 Å². The summed E-state index contributed by atoms with van der Waals surface area (Å²) in [5, 5.41) is 0. The Labute approximate surface area is 96.5 Å². The highest BCUT2D eigenvalue weighted by atomic mass is 16.1. The van der Waals surface area contributed by atoms with E-state index in [1.165, 1.54) is 0 Å². The molecule has 1 heteroatoms. The third-order valence-electron chi connectivity index (χ3n) is 3.21. The third kappa shape index (κ3) is 1.73. The zero-order chi connectivity index (χ0) is 11.8. The minimum atomic E-state index is -0.0493. The Morgan fingerprint density at radius 3 is 2.44 bits per heavy atom. The van der Waals surface area contributed by atoms with Crippen molar-refractivity contribution >= 4 is 5.78 Å². The number of hydrogen-bond donors (Lipinski definition) is 0. The Morgan fingerprint density at radius 1 is 1.19 bits per heavy atom. The molecule has 0 bridgehead atoms. The van der Waals surface area contributed by atoms with Gasteiger partial charge in [-0.3, -0.25) is 4.79 Å². The average molecular weight is 212 g/mol. The predicted octanol–water partition coefficient (Wildman–Crippen LogP) is 3.49. The summed E-state index contributed by atoms with van der Waals surface area (Å²) in [7, 11) is 0. The molecule has 1 unspecified atom stereocenters. The normalized spacial score (nSPS) is 23.5. The fraction of sp³-hybridized carbons (Fsp3) is 0.267. The summed E-state index contributed by atoms with van der Waals surface area (Å²) in [4.78, 5) is 11.7. The van der Waals surface area contributed by atoms with Crippen LogP contribution in [0.4, 0.5) is 0 Å². The molecule has 0 aliphatic heterocycles. The van der Waals surface area contributed by atoms with Gasteiger partial charge >= 0.3 is 0 Å². The van der Waals surface area contributed by atoms with Gasteiger partial charge in [0.15, 0.2) is 5.78 Å². The van der Waals surface area contributed by atoms with Crippen molar-refractivity contribution in [2.75, 3.05) is 0 Å². The van der Waals surface area contributed by atoms with Crippen LogP contribution in [0.1, 0.15) is 25.3 Å². The van der Waals surface area contributed by atoms with Crippen LogP contribution in [-0.2, 0) is 4.79 Å². The number of ketones is 1. The van der Waals surface area contributed by atoms with Gasteiger partial charge in [0.1, 0.15) is 0 Å². The Morgan fingerprint density at radius 2 is 1.81 bits per heavy atom. The van der Waals surface area contributed by atoms with Gasteiger partial charge in [0.05, 0.1) is 0 Å². The fourth-order valence-electron chi connectivity index (χ4n) is 2.36. The maximum Gasteiger partial charge on any atom is 0.181 e. The molecule has 2 rings (SSSR count). The topological polar surface area (TPSA) is 17.1 Å². The van der Waals surface area contributed by atoms with Crippen LogP contribution in [0.15, 0.2) is 54.6 Å². The highest BCUT2D eigenvalue weighted by Gasteiger charge is 2.35. The molecule has 0 radical (unpaired) electrons. The van der Waals surface area contributed by atoms with Crippen molar-refractivity contribution in [2.45, 2.75) is 19.8 Å². The summed E-state index contributed by atoms with van der Waals surface area (Å²) in [6.45, 7) is 8.22. The van der Waals surface area contributed by atoms with E-state index in [0.717, 1.165) is 5.56 Å². The molecule has 0 amide bonds.